The SMILES string of the molecule is CCCCCCCC[N+](CCCCCCCC)(CCCCCCCC)CCCCCCCC.Fc1c(F)c(F)c([B-](c2c(F)c(F)c(F)c(F)c2F)(c2c(F)c(F)c(F)c(F)c2F)c2c(F)c(F)c(F)c(F)c2F)c(F)c1F. The molecular formula is C56H68BF20N. The standard InChI is InChI=1S/C32H68N.C24BF20/c1-5-9-13-17-21-25-29-33(30-26-22-18-14-10-6-2,31-27-23-19-15-11-7-3)32-28-24-20-16-12-8-4;26-5-1(6(27)14(35)21(42)13(5)34)25(2-7(28)15(36)22(43)16(37)8(2)29,3-9(30)17(38)23(44)18(39)10(3)31)4-11(32)19(40)24(45)20(41)12(4)33/h5-32H2,1-4H3;/q+1;-1. The van der Waals surface area contributed by atoms with Gasteiger partial charge in [-0.15, -0.1) is 21.9 Å². The van der Waals surface area contributed by atoms with Crippen molar-refractivity contribution in [3.8, 4) is 0 Å². The Hall–Kier alpha value is -4.50. The van der Waals surface area contributed by atoms with Gasteiger partial charge < -0.3 is 4.48 Å². The van der Waals surface area contributed by atoms with Crippen LogP contribution in [0.1, 0.15) is 182 Å². The van der Waals surface area contributed by atoms with Gasteiger partial charge in [-0.05, 0) is 51.4 Å². The lowest BCUT2D eigenvalue weighted by Crippen LogP contribution is -2.81. The van der Waals surface area contributed by atoms with Crippen LogP contribution in [0.25, 0.3) is 0 Å². The highest BCUT2D eigenvalue weighted by Gasteiger charge is 2.52. The summed E-state index contributed by atoms with van der Waals surface area (Å²) in [5, 5.41) is 0. The third-order valence-electron chi connectivity index (χ3n) is 14.7. The van der Waals surface area contributed by atoms with E-state index in [2.05, 4.69) is 27.7 Å². The van der Waals surface area contributed by atoms with Crippen molar-refractivity contribution < 1.29 is 92.3 Å². The van der Waals surface area contributed by atoms with Crippen molar-refractivity contribution in [2.24, 2.45) is 0 Å². The lowest BCUT2D eigenvalue weighted by atomic mass is 9.12. The summed E-state index contributed by atoms with van der Waals surface area (Å²) < 4.78 is 295. The fraction of sp³-hybridized carbons (Fsp3) is 0.571. The molecule has 0 radical (unpaired) electrons. The third kappa shape index (κ3) is 15.5. The zero-order valence-corrected chi connectivity index (χ0v) is 44.4. The quantitative estimate of drug-likeness (QED) is 0.0114. The molecule has 1 nitrogen and oxygen atoms in total. The smallest absolute Gasteiger partial charge is 0.200 e. The average molecular weight is 1150 g/mol. The lowest BCUT2D eigenvalue weighted by molar-refractivity contribution is -0.929. The molecule has 0 spiro atoms. The van der Waals surface area contributed by atoms with Crippen molar-refractivity contribution in [2.75, 3.05) is 26.2 Å². The summed E-state index contributed by atoms with van der Waals surface area (Å²) >= 11 is 0. The van der Waals surface area contributed by atoms with E-state index in [0.717, 1.165) is 0 Å². The number of halogens is 20. The summed E-state index contributed by atoms with van der Waals surface area (Å²) in [7, 11) is 0. The number of rotatable bonds is 32. The molecule has 0 aromatic heterocycles. The van der Waals surface area contributed by atoms with E-state index < -0.39 is 144 Å². The Morgan fingerprint density at radius 2 is 0.321 bits per heavy atom. The van der Waals surface area contributed by atoms with Crippen molar-refractivity contribution in [1.82, 2.24) is 0 Å². The van der Waals surface area contributed by atoms with E-state index in [0.29, 0.717) is 0 Å². The molecule has 0 fully saturated rings. The van der Waals surface area contributed by atoms with Gasteiger partial charge in [-0.3, -0.25) is 0 Å². The topological polar surface area (TPSA) is 0 Å². The van der Waals surface area contributed by atoms with Crippen LogP contribution in [-0.2, 0) is 0 Å². The molecule has 0 saturated heterocycles. The van der Waals surface area contributed by atoms with Crippen LogP contribution in [0.3, 0.4) is 0 Å². The summed E-state index contributed by atoms with van der Waals surface area (Å²) in [6.45, 7) is 15.3. The molecule has 4 rings (SSSR count). The van der Waals surface area contributed by atoms with E-state index in [1.807, 2.05) is 0 Å². The zero-order valence-electron chi connectivity index (χ0n) is 44.4. The Kier molecular flexibility index (Phi) is 27.9. The van der Waals surface area contributed by atoms with Gasteiger partial charge in [0.05, 0.1) is 26.2 Å². The maximum atomic E-state index is 15.4. The Labute approximate surface area is 443 Å². The van der Waals surface area contributed by atoms with Crippen molar-refractivity contribution in [1.29, 1.82) is 0 Å². The number of unbranched alkanes of at least 4 members (excludes halogenated alkanes) is 20. The molecule has 0 atom stereocenters. The summed E-state index contributed by atoms with van der Waals surface area (Å²) in [5.41, 5.74) is -14.3. The van der Waals surface area contributed by atoms with Crippen molar-refractivity contribution in [2.45, 2.75) is 182 Å². The van der Waals surface area contributed by atoms with Gasteiger partial charge in [0.2, 0.25) is 0 Å². The summed E-state index contributed by atoms with van der Waals surface area (Å²) in [4.78, 5) is 0. The van der Waals surface area contributed by atoms with Gasteiger partial charge in [-0.25, -0.2) is 87.8 Å². The Bertz CT molecular complexity index is 2120. The molecule has 22 heteroatoms. The normalized spacial score (nSPS) is 12.0. The molecule has 0 amide bonds. The second kappa shape index (κ2) is 32.1. The van der Waals surface area contributed by atoms with E-state index in [1.165, 1.54) is 185 Å². The van der Waals surface area contributed by atoms with Crippen molar-refractivity contribution in [3.63, 3.8) is 0 Å². The first-order chi connectivity index (χ1) is 36.9. The highest BCUT2D eigenvalue weighted by atomic mass is 19.2. The largest absolute Gasteiger partial charge is 0.324 e. The number of quaternary nitrogens is 1. The predicted octanol–water partition coefficient (Wildman–Crippen LogP) is 17.1. The van der Waals surface area contributed by atoms with Gasteiger partial charge >= 0.3 is 0 Å². The molecule has 0 N–H and O–H groups in total. The predicted molar refractivity (Wildman–Crippen MR) is 262 cm³/mol. The van der Waals surface area contributed by atoms with E-state index >= 15 is 35.1 Å². The minimum atomic E-state index is -7.22. The molecule has 440 valence electrons. The van der Waals surface area contributed by atoms with Crippen molar-refractivity contribution in [3.05, 3.63) is 116 Å². The summed E-state index contributed by atoms with van der Waals surface area (Å²) in [5.74, 6) is -71.4. The molecule has 0 aliphatic carbocycles. The fourth-order valence-electron chi connectivity index (χ4n) is 10.5. The van der Waals surface area contributed by atoms with Gasteiger partial charge in [-0.2, -0.15) is 0 Å². The van der Waals surface area contributed by atoms with Gasteiger partial charge in [0.25, 0.3) is 0 Å². The molecular weight excluding hydrogens is 1080 g/mol. The summed E-state index contributed by atoms with van der Waals surface area (Å²) in [6.07, 6.45) is 27.6. The maximum Gasteiger partial charge on any atom is 0.200 e. The van der Waals surface area contributed by atoms with E-state index in [1.54, 1.807) is 0 Å². The van der Waals surface area contributed by atoms with Crippen LogP contribution in [-0.4, -0.2) is 36.8 Å². The second-order valence-electron chi connectivity index (χ2n) is 20.1. The Balaban J connectivity index is 0.000000433. The first kappa shape index (κ1) is 67.8. The summed E-state index contributed by atoms with van der Waals surface area (Å²) in [6, 6.07) is 0. The number of nitrogens with zero attached hydrogens (tertiary/aromatic N) is 1. The molecule has 0 unspecified atom stereocenters. The molecule has 0 heterocycles. The maximum absolute atomic E-state index is 15.4. The molecule has 0 saturated carbocycles. The van der Waals surface area contributed by atoms with Gasteiger partial charge in [-0.1, -0.05) is 130 Å². The highest BCUT2D eigenvalue weighted by molar-refractivity contribution is 7.20. The van der Waals surface area contributed by atoms with Crippen LogP contribution in [0.15, 0.2) is 0 Å². The van der Waals surface area contributed by atoms with Crippen LogP contribution in [0.5, 0.6) is 0 Å². The van der Waals surface area contributed by atoms with Gasteiger partial charge in [0, 0.05) is 0 Å². The highest BCUT2D eigenvalue weighted by Crippen LogP contribution is 2.31. The molecule has 4 aromatic rings. The zero-order chi connectivity index (χ0) is 58.7. The second-order valence-corrected chi connectivity index (χ2v) is 20.1. The third-order valence-corrected chi connectivity index (χ3v) is 14.7. The van der Waals surface area contributed by atoms with Crippen LogP contribution < -0.4 is 21.9 Å². The first-order valence-corrected chi connectivity index (χ1v) is 27.0. The van der Waals surface area contributed by atoms with E-state index in [-0.39, 0.29) is 0 Å². The van der Waals surface area contributed by atoms with Crippen molar-refractivity contribution >= 4 is 28.0 Å². The molecule has 0 aliphatic rings. The molecule has 0 aliphatic heterocycles. The van der Waals surface area contributed by atoms with E-state index in [4.69, 9.17) is 0 Å². The van der Waals surface area contributed by atoms with Gasteiger partial charge in [0.15, 0.2) is 69.8 Å². The minimum absolute atomic E-state index is 1.37. The Morgan fingerprint density at radius 3 is 0.474 bits per heavy atom. The number of hydrogen-bond donors (Lipinski definition) is 0. The molecule has 78 heavy (non-hydrogen) atoms. The number of benzene rings is 4. The molecule has 4 aromatic carbocycles. The minimum Gasteiger partial charge on any atom is -0.324 e. The molecule has 0 bridgehead atoms. The van der Waals surface area contributed by atoms with Crippen LogP contribution in [0, 0.1) is 116 Å². The average Bonchev–Trinajstić information content (AvgIpc) is 2.79. The van der Waals surface area contributed by atoms with Crippen LogP contribution in [0.4, 0.5) is 87.8 Å². The van der Waals surface area contributed by atoms with Gasteiger partial charge in [0.1, 0.15) is 52.7 Å². The monoisotopic (exact) mass is 1150 g/mol. The fourth-order valence-corrected chi connectivity index (χ4v) is 10.5. The van der Waals surface area contributed by atoms with E-state index in [9.17, 15) is 52.7 Å². The number of hydrogen-bond acceptors (Lipinski definition) is 0. The van der Waals surface area contributed by atoms with Crippen LogP contribution >= 0.6 is 0 Å². The first-order valence-electron chi connectivity index (χ1n) is 27.0. The lowest BCUT2D eigenvalue weighted by Gasteiger charge is -2.44. The van der Waals surface area contributed by atoms with Crippen LogP contribution in [0.2, 0.25) is 0 Å². The Morgan fingerprint density at radius 1 is 0.192 bits per heavy atom.